The minimum atomic E-state index is -0.897. The second kappa shape index (κ2) is 7.00. The van der Waals surface area contributed by atoms with E-state index in [9.17, 15) is 14.4 Å². The Balaban J connectivity index is 1.74. The fourth-order valence-corrected chi connectivity index (χ4v) is 3.72. The average Bonchev–Trinajstić information content (AvgIpc) is 2.99. The number of fused-ring (bicyclic) bond motifs is 1. The van der Waals surface area contributed by atoms with Crippen molar-refractivity contribution in [2.24, 2.45) is 0 Å². The van der Waals surface area contributed by atoms with Crippen molar-refractivity contribution >= 4 is 23.2 Å². The van der Waals surface area contributed by atoms with Crippen LogP contribution in [-0.4, -0.2) is 33.1 Å². The largest absolute Gasteiger partial charge is 0.481 e. The number of amides is 1. The number of rotatable bonds is 5. The van der Waals surface area contributed by atoms with Crippen LogP contribution < -0.4 is 10.9 Å². The van der Waals surface area contributed by atoms with Gasteiger partial charge in [0.05, 0.1) is 26.1 Å². The van der Waals surface area contributed by atoms with Crippen LogP contribution in [0.4, 0.5) is 0 Å². The second-order valence-corrected chi connectivity index (χ2v) is 7.69. The number of ether oxygens (including phenoxy) is 1. The molecule has 8 nitrogen and oxygen atoms in total. The number of carboxylic acids is 1. The molecular weight excluding hydrogens is 358 g/mol. The summed E-state index contributed by atoms with van der Waals surface area (Å²) >= 11 is 1.32. The van der Waals surface area contributed by atoms with Gasteiger partial charge in [0, 0.05) is 15.8 Å². The number of thiophene rings is 1. The summed E-state index contributed by atoms with van der Waals surface area (Å²) in [6.07, 6.45) is -0.0448. The van der Waals surface area contributed by atoms with E-state index < -0.39 is 17.5 Å². The van der Waals surface area contributed by atoms with Gasteiger partial charge in [-0.15, -0.1) is 11.3 Å². The SMILES string of the molecule is CC1(C)OCCn2c1nc(C(=O)NCc1ccc(CC(=O)O)s1)cc2=O. The summed E-state index contributed by atoms with van der Waals surface area (Å²) in [6.45, 7) is 4.69. The van der Waals surface area contributed by atoms with Crippen molar-refractivity contribution in [1.82, 2.24) is 14.9 Å². The van der Waals surface area contributed by atoms with Crippen LogP contribution in [0.25, 0.3) is 0 Å². The van der Waals surface area contributed by atoms with E-state index >= 15 is 0 Å². The van der Waals surface area contributed by atoms with E-state index in [1.807, 2.05) is 13.8 Å². The Morgan fingerprint density at radius 2 is 2.12 bits per heavy atom. The number of carboxylic acid groups (broad SMARTS) is 1. The molecule has 9 heteroatoms. The zero-order valence-corrected chi connectivity index (χ0v) is 15.3. The summed E-state index contributed by atoms with van der Waals surface area (Å²) in [4.78, 5) is 41.3. The number of aliphatic carboxylic acids is 1. The Hall–Kier alpha value is -2.52. The van der Waals surface area contributed by atoms with Gasteiger partial charge in [-0.3, -0.25) is 19.0 Å². The number of nitrogens with zero attached hydrogens (tertiary/aromatic N) is 2. The standard InChI is InChI=1S/C17H19N3O5S/c1-17(2)16-19-12(8-13(21)20(16)5-6-25-17)15(24)18-9-11-4-3-10(26-11)7-14(22)23/h3-4,8H,5-7,9H2,1-2H3,(H,18,24)(H,22,23). The first kappa shape index (κ1) is 18.3. The van der Waals surface area contributed by atoms with Gasteiger partial charge in [0.2, 0.25) is 0 Å². The van der Waals surface area contributed by atoms with E-state index in [2.05, 4.69) is 10.3 Å². The Kier molecular flexibility index (Phi) is 4.92. The van der Waals surface area contributed by atoms with Crippen LogP contribution in [0.2, 0.25) is 0 Å². The van der Waals surface area contributed by atoms with Gasteiger partial charge >= 0.3 is 5.97 Å². The topological polar surface area (TPSA) is 111 Å². The molecule has 2 N–H and O–H groups in total. The lowest BCUT2D eigenvalue weighted by molar-refractivity contribution is -0.136. The molecule has 0 spiro atoms. The maximum Gasteiger partial charge on any atom is 0.308 e. The van der Waals surface area contributed by atoms with Crippen molar-refractivity contribution in [2.75, 3.05) is 6.61 Å². The molecular formula is C17H19N3O5S. The molecule has 0 atom stereocenters. The summed E-state index contributed by atoms with van der Waals surface area (Å²) in [5.74, 6) is -0.924. The molecule has 2 aromatic heterocycles. The minimum absolute atomic E-state index is 0.0436. The Morgan fingerprint density at radius 1 is 1.38 bits per heavy atom. The molecule has 0 unspecified atom stereocenters. The molecule has 138 valence electrons. The van der Waals surface area contributed by atoms with Gasteiger partial charge < -0.3 is 15.2 Å². The van der Waals surface area contributed by atoms with Crippen LogP contribution in [0.1, 0.15) is 39.9 Å². The van der Waals surface area contributed by atoms with Gasteiger partial charge in [0.15, 0.2) is 0 Å². The number of nitrogens with one attached hydrogen (secondary N) is 1. The summed E-state index contributed by atoms with van der Waals surface area (Å²) in [5, 5.41) is 11.5. The van der Waals surface area contributed by atoms with Crippen LogP contribution in [0.3, 0.4) is 0 Å². The van der Waals surface area contributed by atoms with Crippen LogP contribution in [-0.2, 0) is 34.6 Å². The molecule has 0 aromatic carbocycles. The van der Waals surface area contributed by atoms with E-state index in [4.69, 9.17) is 9.84 Å². The van der Waals surface area contributed by atoms with Crippen molar-refractivity contribution in [3.8, 4) is 0 Å². The van der Waals surface area contributed by atoms with Crippen LogP contribution >= 0.6 is 11.3 Å². The number of hydrogen-bond donors (Lipinski definition) is 2. The third-order valence-corrected chi connectivity index (χ3v) is 5.11. The van der Waals surface area contributed by atoms with Gasteiger partial charge in [-0.05, 0) is 26.0 Å². The minimum Gasteiger partial charge on any atom is -0.481 e. The molecule has 0 fully saturated rings. The summed E-state index contributed by atoms with van der Waals surface area (Å²) in [6, 6.07) is 4.73. The van der Waals surface area contributed by atoms with E-state index in [-0.39, 0.29) is 24.2 Å². The van der Waals surface area contributed by atoms with Crippen molar-refractivity contribution in [1.29, 1.82) is 0 Å². The number of carbonyl (C=O) groups is 2. The van der Waals surface area contributed by atoms with E-state index in [1.165, 1.54) is 22.0 Å². The lowest BCUT2D eigenvalue weighted by Gasteiger charge is -2.32. The van der Waals surface area contributed by atoms with Gasteiger partial charge in [-0.1, -0.05) is 0 Å². The predicted octanol–water partition coefficient (Wildman–Crippen LogP) is 1.13. The van der Waals surface area contributed by atoms with Crippen molar-refractivity contribution < 1.29 is 19.4 Å². The maximum atomic E-state index is 12.4. The normalized spacial score (nSPS) is 15.3. The molecule has 2 aromatic rings. The van der Waals surface area contributed by atoms with Crippen LogP contribution in [0.15, 0.2) is 23.0 Å². The highest BCUT2D eigenvalue weighted by molar-refractivity contribution is 7.12. The van der Waals surface area contributed by atoms with Crippen molar-refractivity contribution in [2.45, 2.75) is 39.0 Å². The molecule has 26 heavy (non-hydrogen) atoms. The van der Waals surface area contributed by atoms with E-state index in [0.29, 0.717) is 23.9 Å². The molecule has 0 bridgehead atoms. The zero-order valence-electron chi connectivity index (χ0n) is 14.4. The van der Waals surface area contributed by atoms with Crippen LogP contribution in [0, 0.1) is 0 Å². The van der Waals surface area contributed by atoms with Crippen molar-refractivity contribution in [3.63, 3.8) is 0 Å². The monoisotopic (exact) mass is 377 g/mol. The summed E-state index contributed by atoms with van der Waals surface area (Å²) in [5.41, 5.74) is -0.980. The van der Waals surface area contributed by atoms with E-state index in [0.717, 1.165) is 4.88 Å². The molecule has 0 aliphatic carbocycles. The quantitative estimate of drug-likeness (QED) is 0.808. The number of aromatic nitrogens is 2. The van der Waals surface area contributed by atoms with Crippen molar-refractivity contribution in [3.05, 3.63) is 49.8 Å². The first-order valence-corrected chi connectivity index (χ1v) is 8.92. The number of hydrogen-bond acceptors (Lipinski definition) is 6. The average molecular weight is 377 g/mol. The fraction of sp³-hybridized carbons (Fsp3) is 0.412. The van der Waals surface area contributed by atoms with Crippen LogP contribution in [0.5, 0.6) is 0 Å². The first-order valence-electron chi connectivity index (χ1n) is 8.10. The molecule has 0 saturated heterocycles. The molecule has 0 saturated carbocycles. The summed E-state index contributed by atoms with van der Waals surface area (Å²) < 4.78 is 7.17. The van der Waals surface area contributed by atoms with E-state index in [1.54, 1.807) is 12.1 Å². The van der Waals surface area contributed by atoms with Gasteiger partial charge in [0.1, 0.15) is 17.1 Å². The molecule has 0 radical (unpaired) electrons. The molecule has 3 rings (SSSR count). The first-order chi connectivity index (χ1) is 12.3. The lowest BCUT2D eigenvalue weighted by Crippen LogP contribution is -2.42. The Labute approximate surface area is 153 Å². The second-order valence-electron chi connectivity index (χ2n) is 6.43. The highest BCUT2D eigenvalue weighted by atomic mass is 32.1. The number of carbonyl (C=O) groups excluding carboxylic acids is 1. The zero-order chi connectivity index (χ0) is 18.9. The summed E-state index contributed by atoms with van der Waals surface area (Å²) in [7, 11) is 0. The molecule has 1 aliphatic rings. The fourth-order valence-electron chi connectivity index (χ4n) is 2.77. The smallest absolute Gasteiger partial charge is 0.308 e. The highest BCUT2D eigenvalue weighted by Crippen LogP contribution is 2.25. The lowest BCUT2D eigenvalue weighted by atomic mass is 10.1. The predicted molar refractivity (Wildman–Crippen MR) is 94.3 cm³/mol. The molecule has 1 amide bonds. The van der Waals surface area contributed by atoms with Gasteiger partial charge in [-0.2, -0.15) is 0 Å². The highest BCUT2D eigenvalue weighted by Gasteiger charge is 2.32. The maximum absolute atomic E-state index is 12.4. The van der Waals surface area contributed by atoms with Gasteiger partial charge in [0.25, 0.3) is 11.5 Å². The molecule has 3 heterocycles. The van der Waals surface area contributed by atoms with Gasteiger partial charge in [-0.25, -0.2) is 4.98 Å². The third-order valence-electron chi connectivity index (χ3n) is 4.02. The third kappa shape index (κ3) is 3.83. The molecule has 1 aliphatic heterocycles. The Morgan fingerprint density at radius 3 is 2.85 bits per heavy atom. The Bertz CT molecular complexity index is 915.